The Labute approximate surface area is 103 Å². The molecule has 0 heterocycles. The molecule has 1 nitrogen and oxygen atoms in total. The van der Waals surface area contributed by atoms with Gasteiger partial charge in [0.1, 0.15) is 0 Å². The largest absolute Gasteiger partial charge is 0.313 e. The van der Waals surface area contributed by atoms with Gasteiger partial charge in [0.25, 0.3) is 0 Å². The predicted octanol–water partition coefficient (Wildman–Crippen LogP) is 3.54. The molecule has 0 bridgehead atoms. The maximum atomic E-state index is 3.58. The Balaban J connectivity index is 1.84. The molecule has 16 heavy (non-hydrogen) atoms. The highest BCUT2D eigenvalue weighted by atomic mass is 32.2. The molecule has 0 amide bonds. The second-order valence-electron chi connectivity index (χ2n) is 4.86. The van der Waals surface area contributed by atoms with E-state index in [9.17, 15) is 0 Å². The molecular formula is C14H21NS. The number of aryl methyl sites for hydroxylation is 2. The van der Waals surface area contributed by atoms with E-state index in [-0.39, 0.29) is 0 Å². The average Bonchev–Trinajstić information content (AvgIpc) is 3.04. The van der Waals surface area contributed by atoms with E-state index in [1.807, 2.05) is 11.8 Å². The zero-order chi connectivity index (χ0) is 11.5. The molecule has 1 aromatic carbocycles. The fourth-order valence-corrected chi connectivity index (χ4v) is 2.72. The van der Waals surface area contributed by atoms with E-state index in [0.717, 1.165) is 12.6 Å². The van der Waals surface area contributed by atoms with Gasteiger partial charge in [0.05, 0.1) is 0 Å². The van der Waals surface area contributed by atoms with E-state index < -0.39 is 0 Å². The van der Waals surface area contributed by atoms with Gasteiger partial charge in [-0.2, -0.15) is 0 Å². The molecule has 1 unspecified atom stereocenters. The molecular weight excluding hydrogens is 214 g/mol. The minimum Gasteiger partial charge on any atom is -0.313 e. The fraction of sp³-hybridized carbons (Fsp3) is 0.571. The Morgan fingerprint density at radius 1 is 1.31 bits per heavy atom. The van der Waals surface area contributed by atoms with E-state index in [1.165, 1.54) is 28.9 Å². The van der Waals surface area contributed by atoms with Gasteiger partial charge >= 0.3 is 0 Å². The minimum absolute atomic E-state index is 0.655. The Morgan fingerprint density at radius 3 is 2.69 bits per heavy atom. The normalized spacial score (nSPS) is 17.4. The van der Waals surface area contributed by atoms with Crippen molar-refractivity contribution >= 4 is 11.8 Å². The van der Waals surface area contributed by atoms with Gasteiger partial charge in [-0.1, -0.05) is 13.0 Å². The van der Waals surface area contributed by atoms with E-state index in [1.54, 1.807) is 0 Å². The second kappa shape index (κ2) is 5.24. The van der Waals surface area contributed by atoms with Crippen molar-refractivity contribution in [1.82, 2.24) is 5.32 Å². The maximum absolute atomic E-state index is 3.58. The molecule has 1 saturated carbocycles. The summed E-state index contributed by atoms with van der Waals surface area (Å²) in [5, 5.41) is 4.24. The zero-order valence-corrected chi connectivity index (χ0v) is 11.2. The van der Waals surface area contributed by atoms with E-state index in [0.29, 0.717) is 5.25 Å². The lowest BCUT2D eigenvalue weighted by molar-refractivity contribution is 0.679. The van der Waals surface area contributed by atoms with Crippen LogP contribution in [-0.4, -0.2) is 17.8 Å². The van der Waals surface area contributed by atoms with E-state index >= 15 is 0 Å². The van der Waals surface area contributed by atoms with Crippen molar-refractivity contribution in [3.63, 3.8) is 0 Å². The van der Waals surface area contributed by atoms with Gasteiger partial charge in [0, 0.05) is 22.7 Å². The van der Waals surface area contributed by atoms with E-state index in [4.69, 9.17) is 0 Å². The summed E-state index contributed by atoms with van der Waals surface area (Å²) >= 11 is 1.97. The standard InChI is InChI=1S/C14H21NS/c1-10-4-7-14(8-11(10)2)16-12(3)9-15-13-5-6-13/h4,7-8,12-13,15H,5-6,9H2,1-3H3. The molecule has 2 heteroatoms. The lowest BCUT2D eigenvalue weighted by Crippen LogP contribution is -2.24. The van der Waals surface area contributed by atoms with Crippen LogP contribution in [0.5, 0.6) is 0 Å². The van der Waals surface area contributed by atoms with Gasteiger partial charge in [-0.25, -0.2) is 0 Å². The Hall–Kier alpha value is -0.470. The van der Waals surface area contributed by atoms with Crippen LogP contribution in [0.3, 0.4) is 0 Å². The lowest BCUT2D eigenvalue weighted by Gasteiger charge is -2.13. The van der Waals surface area contributed by atoms with Crippen LogP contribution < -0.4 is 5.32 Å². The molecule has 88 valence electrons. The highest BCUT2D eigenvalue weighted by Gasteiger charge is 2.20. The van der Waals surface area contributed by atoms with Gasteiger partial charge in [-0.05, 0) is 49.9 Å². The minimum atomic E-state index is 0.655. The highest BCUT2D eigenvalue weighted by molar-refractivity contribution is 8.00. The fourth-order valence-electron chi connectivity index (χ4n) is 1.68. The SMILES string of the molecule is Cc1ccc(SC(C)CNC2CC2)cc1C. The van der Waals surface area contributed by atoms with Crippen LogP contribution in [0.2, 0.25) is 0 Å². The van der Waals surface area contributed by atoms with Gasteiger partial charge in [-0.3, -0.25) is 0 Å². The summed E-state index contributed by atoms with van der Waals surface area (Å²) in [6.45, 7) is 7.78. The molecule has 0 radical (unpaired) electrons. The van der Waals surface area contributed by atoms with Crippen molar-refractivity contribution < 1.29 is 0 Å². The van der Waals surface area contributed by atoms with Crippen molar-refractivity contribution in [3.05, 3.63) is 29.3 Å². The van der Waals surface area contributed by atoms with Gasteiger partial charge in [0.2, 0.25) is 0 Å². The number of hydrogen-bond acceptors (Lipinski definition) is 2. The molecule has 0 aliphatic heterocycles. The zero-order valence-electron chi connectivity index (χ0n) is 10.4. The van der Waals surface area contributed by atoms with Gasteiger partial charge in [-0.15, -0.1) is 11.8 Å². The van der Waals surface area contributed by atoms with Crippen LogP contribution in [-0.2, 0) is 0 Å². The molecule has 2 rings (SSSR count). The van der Waals surface area contributed by atoms with Crippen molar-refractivity contribution in [2.24, 2.45) is 0 Å². The highest BCUT2D eigenvalue weighted by Crippen LogP contribution is 2.26. The first-order chi connectivity index (χ1) is 7.65. The molecule has 1 N–H and O–H groups in total. The number of nitrogens with one attached hydrogen (secondary N) is 1. The summed E-state index contributed by atoms with van der Waals surface area (Å²) in [5.41, 5.74) is 2.78. The molecule has 1 atom stereocenters. The third kappa shape index (κ3) is 3.53. The average molecular weight is 235 g/mol. The van der Waals surface area contributed by atoms with Crippen LogP contribution >= 0.6 is 11.8 Å². The molecule has 0 spiro atoms. The van der Waals surface area contributed by atoms with Gasteiger partial charge < -0.3 is 5.32 Å². The number of thioether (sulfide) groups is 1. The second-order valence-corrected chi connectivity index (χ2v) is 6.37. The van der Waals surface area contributed by atoms with Gasteiger partial charge in [0.15, 0.2) is 0 Å². The molecule has 0 aromatic heterocycles. The first-order valence-electron chi connectivity index (χ1n) is 6.12. The molecule has 1 fully saturated rings. The van der Waals surface area contributed by atoms with Crippen molar-refractivity contribution in [3.8, 4) is 0 Å². The summed E-state index contributed by atoms with van der Waals surface area (Å²) in [7, 11) is 0. The monoisotopic (exact) mass is 235 g/mol. The first-order valence-corrected chi connectivity index (χ1v) is 7.00. The first kappa shape index (κ1) is 12.0. The Morgan fingerprint density at radius 2 is 2.06 bits per heavy atom. The number of rotatable bonds is 5. The summed E-state index contributed by atoms with van der Waals surface area (Å²) in [6.07, 6.45) is 2.75. The molecule has 1 aliphatic carbocycles. The van der Waals surface area contributed by atoms with Crippen molar-refractivity contribution in [2.45, 2.75) is 49.8 Å². The van der Waals surface area contributed by atoms with Crippen LogP contribution in [0.4, 0.5) is 0 Å². The molecule has 1 aromatic rings. The van der Waals surface area contributed by atoms with Crippen LogP contribution in [0.25, 0.3) is 0 Å². The van der Waals surface area contributed by atoms with Crippen LogP contribution in [0.1, 0.15) is 30.9 Å². The third-order valence-electron chi connectivity index (χ3n) is 3.09. The van der Waals surface area contributed by atoms with Crippen LogP contribution in [0, 0.1) is 13.8 Å². The Bertz CT molecular complexity index is 358. The van der Waals surface area contributed by atoms with Crippen LogP contribution in [0.15, 0.2) is 23.1 Å². The van der Waals surface area contributed by atoms with Crippen molar-refractivity contribution in [2.75, 3.05) is 6.54 Å². The maximum Gasteiger partial charge on any atom is 0.0191 e. The topological polar surface area (TPSA) is 12.0 Å². The quantitative estimate of drug-likeness (QED) is 0.784. The number of hydrogen-bond donors (Lipinski definition) is 1. The predicted molar refractivity (Wildman–Crippen MR) is 72.3 cm³/mol. The number of benzene rings is 1. The lowest BCUT2D eigenvalue weighted by atomic mass is 10.1. The summed E-state index contributed by atoms with van der Waals surface area (Å²) in [4.78, 5) is 1.40. The molecule has 0 saturated heterocycles. The smallest absolute Gasteiger partial charge is 0.0191 e. The summed E-state index contributed by atoms with van der Waals surface area (Å²) in [6, 6.07) is 7.58. The summed E-state index contributed by atoms with van der Waals surface area (Å²) < 4.78 is 0. The summed E-state index contributed by atoms with van der Waals surface area (Å²) in [5.74, 6) is 0. The third-order valence-corrected chi connectivity index (χ3v) is 4.18. The molecule has 1 aliphatic rings. The van der Waals surface area contributed by atoms with Crippen molar-refractivity contribution in [1.29, 1.82) is 0 Å². The van der Waals surface area contributed by atoms with E-state index in [2.05, 4.69) is 44.3 Å². The Kier molecular flexibility index (Phi) is 3.93.